The maximum absolute atomic E-state index is 15.4. The highest BCUT2D eigenvalue weighted by molar-refractivity contribution is 6.32. The zero-order valence-electron chi connectivity index (χ0n) is 18.6. The third-order valence-corrected chi connectivity index (χ3v) is 7.30. The van der Waals surface area contributed by atoms with Gasteiger partial charge in [-0.25, -0.2) is 14.4 Å². The number of hydrogen-bond acceptors (Lipinski definition) is 6. The minimum atomic E-state index is -0.915. The molecule has 0 radical (unpaired) electrons. The van der Waals surface area contributed by atoms with Crippen molar-refractivity contribution in [2.24, 2.45) is 13.0 Å². The Bertz CT molecular complexity index is 1140. The Balaban J connectivity index is 1.39. The van der Waals surface area contributed by atoms with Gasteiger partial charge in [0.15, 0.2) is 0 Å². The summed E-state index contributed by atoms with van der Waals surface area (Å²) < 4.78 is 22.6. The molecule has 5 rings (SSSR count). The van der Waals surface area contributed by atoms with Crippen molar-refractivity contribution in [2.75, 3.05) is 31.6 Å². The van der Waals surface area contributed by atoms with Crippen LogP contribution in [0.3, 0.4) is 0 Å². The zero-order chi connectivity index (χ0) is 22.4. The van der Waals surface area contributed by atoms with Crippen LogP contribution in [-0.4, -0.2) is 63.2 Å². The molecule has 7 nitrogen and oxygen atoms in total. The van der Waals surface area contributed by atoms with Crippen LogP contribution in [0.4, 0.5) is 16.0 Å². The lowest BCUT2D eigenvalue weighted by atomic mass is 9.84. The van der Waals surface area contributed by atoms with Gasteiger partial charge in [-0.3, -0.25) is 9.58 Å². The average Bonchev–Trinajstić information content (AvgIpc) is 3.34. The maximum atomic E-state index is 15.4. The molecule has 2 aliphatic heterocycles. The van der Waals surface area contributed by atoms with Crippen LogP contribution >= 0.6 is 11.6 Å². The van der Waals surface area contributed by atoms with Gasteiger partial charge in [-0.1, -0.05) is 18.5 Å². The topological polar surface area (TPSA) is 68.1 Å². The predicted molar refractivity (Wildman–Crippen MR) is 123 cm³/mol. The summed E-state index contributed by atoms with van der Waals surface area (Å²) in [6.07, 6.45) is 3.29. The lowest BCUT2D eigenvalue weighted by Gasteiger charge is -2.39. The molecule has 0 spiro atoms. The summed E-state index contributed by atoms with van der Waals surface area (Å²) in [6, 6.07) is 4.40. The summed E-state index contributed by atoms with van der Waals surface area (Å²) in [5.74, 6) is 0.758. The van der Waals surface area contributed by atoms with Gasteiger partial charge in [0, 0.05) is 37.1 Å². The molecule has 0 aliphatic carbocycles. The molecule has 2 aliphatic rings. The van der Waals surface area contributed by atoms with Gasteiger partial charge in [-0.05, 0) is 49.1 Å². The average molecular weight is 459 g/mol. The smallest absolute Gasteiger partial charge is 0.227 e. The van der Waals surface area contributed by atoms with E-state index in [2.05, 4.69) is 38.3 Å². The van der Waals surface area contributed by atoms with Crippen LogP contribution in [0.2, 0.25) is 5.15 Å². The van der Waals surface area contributed by atoms with Gasteiger partial charge in [0.2, 0.25) is 5.95 Å². The van der Waals surface area contributed by atoms with Gasteiger partial charge in [0.05, 0.1) is 30.6 Å². The second-order valence-corrected chi connectivity index (χ2v) is 9.41. The van der Waals surface area contributed by atoms with E-state index in [1.165, 1.54) is 0 Å². The number of aromatic nitrogens is 4. The second kappa shape index (κ2) is 8.57. The van der Waals surface area contributed by atoms with Crippen LogP contribution in [-0.2, 0) is 11.8 Å². The number of fused-ring (bicyclic) bond motifs is 1. The molecule has 2 saturated heterocycles. The Morgan fingerprint density at radius 1 is 1.25 bits per heavy atom. The number of nitrogens with one attached hydrogen (secondary N) is 1. The molecule has 3 aromatic rings. The van der Waals surface area contributed by atoms with E-state index in [1.54, 1.807) is 24.1 Å². The minimum absolute atomic E-state index is 0.132. The summed E-state index contributed by atoms with van der Waals surface area (Å²) in [6.45, 7) is 7.05. The zero-order valence-corrected chi connectivity index (χ0v) is 19.3. The number of anilines is 2. The highest BCUT2D eigenvalue weighted by atomic mass is 35.5. The van der Waals surface area contributed by atoms with Crippen LogP contribution in [0.25, 0.3) is 10.9 Å². The molecule has 0 bridgehead atoms. The summed E-state index contributed by atoms with van der Waals surface area (Å²) in [7, 11) is 1.77. The highest BCUT2D eigenvalue weighted by Crippen LogP contribution is 2.36. The third-order valence-electron chi connectivity index (χ3n) is 6.85. The molecular weight excluding hydrogens is 431 g/mol. The SMILES string of the molecule is Cc1cc2cnc(Nc3cnn(C)c3Cl)nc2cc1[C@@H]1CCN([C@H]2COC[C@H]2C)C[C@H]1F. The lowest BCUT2D eigenvalue weighted by Crippen LogP contribution is -2.48. The molecule has 4 heterocycles. The summed E-state index contributed by atoms with van der Waals surface area (Å²) >= 11 is 6.24. The second-order valence-electron chi connectivity index (χ2n) is 9.05. The molecule has 0 unspecified atom stereocenters. The Morgan fingerprint density at radius 2 is 2.09 bits per heavy atom. The van der Waals surface area contributed by atoms with E-state index in [0.717, 1.165) is 41.6 Å². The predicted octanol–water partition coefficient (Wildman–Crippen LogP) is 4.23. The fourth-order valence-electron chi connectivity index (χ4n) is 4.99. The molecule has 1 N–H and O–H groups in total. The quantitative estimate of drug-likeness (QED) is 0.631. The van der Waals surface area contributed by atoms with E-state index in [9.17, 15) is 0 Å². The van der Waals surface area contributed by atoms with Gasteiger partial charge in [0.1, 0.15) is 11.3 Å². The standard InChI is InChI=1S/C23H28ClFN6O/c1-13-6-15-8-26-23(29-20-9-27-30(3)22(20)24)28-19(15)7-17(13)16-4-5-31(10-18(16)25)21-12-32-11-14(21)2/h6-9,14,16,18,21H,4-5,10-12H2,1-3H3,(H,26,28,29)/t14-,16+,18-,21+/m1/s1. The molecule has 1 aromatic carbocycles. The molecular formula is C23H28ClFN6O. The monoisotopic (exact) mass is 458 g/mol. The number of hydrogen-bond donors (Lipinski definition) is 1. The molecule has 9 heteroatoms. The van der Waals surface area contributed by atoms with Gasteiger partial charge >= 0.3 is 0 Å². The number of aryl methyl sites for hydroxylation is 2. The van der Waals surface area contributed by atoms with Crippen molar-refractivity contribution in [2.45, 2.75) is 38.4 Å². The first-order chi connectivity index (χ1) is 15.4. The number of nitrogens with zero attached hydrogens (tertiary/aromatic N) is 5. The van der Waals surface area contributed by atoms with Crippen LogP contribution in [0, 0.1) is 12.8 Å². The lowest BCUT2D eigenvalue weighted by molar-refractivity contribution is 0.0657. The van der Waals surface area contributed by atoms with Crippen molar-refractivity contribution in [1.29, 1.82) is 0 Å². The van der Waals surface area contributed by atoms with E-state index in [0.29, 0.717) is 41.9 Å². The normalized spacial score (nSPS) is 26.7. The molecule has 0 amide bonds. The molecule has 32 heavy (non-hydrogen) atoms. The number of likely N-dealkylation sites (tertiary alicyclic amines) is 1. The van der Waals surface area contributed by atoms with Crippen LogP contribution in [0.15, 0.2) is 24.5 Å². The number of alkyl halides is 1. The van der Waals surface area contributed by atoms with E-state index < -0.39 is 6.17 Å². The van der Waals surface area contributed by atoms with Crippen LogP contribution < -0.4 is 5.32 Å². The Labute approximate surface area is 191 Å². The fraction of sp³-hybridized carbons (Fsp3) is 0.522. The first-order valence-electron chi connectivity index (χ1n) is 11.1. The number of benzene rings is 1. The Hall–Kier alpha value is -2.29. The van der Waals surface area contributed by atoms with Crippen molar-refractivity contribution in [1.82, 2.24) is 24.6 Å². The Kier molecular flexibility index (Phi) is 5.77. The summed E-state index contributed by atoms with van der Waals surface area (Å²) in [5, 5.41) is 8.65. The van der Waals surface area contributed by atoms with Crippen molar-refractivity contribution >= 4 is 34.1 Å². The van der Waals surface area contributed by atoms with Gasteiger partial charge in [0.25, 0.3) is 0 Å². The van der Waals surface area contributed by atoms with Gasteiger partial charge in [-0.15, -0.1) is 0 Å². The third kappa shape index (κ3) is 3.95. The first kappa shape index (κ1) is 21.6. The number of halogens is 2. The molecule has 2 aromatic heterocycles. The summed E-state index contributed by atoms with van der Waals surface area (Å²) in [5.41, 5.74) is 3.54. The first-order valence-corrected chi connectivity index (χ1v) is 11.5. The fourth-order valence-corrected chi connectivity index (χ4v) is 5.13. The Morgan fingerprint density at radius 3 is 2.78 bits per heavy atom. The van der Waals surface area contributed by atoms with Crippen molar-refractivity contribution in [3.63, 3.8) is 0 Å². The summed E-state index contributed by atoms with van der Waals surface area (Å²) in [4.78, 5) is 11.3. The van der Waals surface area contributed by atoms with E-state index in [-0.39, 0.29) is 5.92 Å². The highest BCUT2D eigenvalue weighted by Gasteiger charge is 2.37. The van der Waals surface area contributed by atoms with Crippen LogP contribution in [0.1, 0.15) is 30.4 Å². The van der Waals surface area contributed by atoms with Gasteiger partial charge in [-0.2, -0.15) is 5.10 Å². The van der Waals surface area contributed by atoms with E-state index in [4.69, 9.17) is 16.3 Å². The molecule has 170 valence electrons. The van der Waals surface area contributed by atoms with Crippen molar-refractivity contribution < 1.29 is 9.13 Å². The molecule has 4 atom stereocenters. The van der Waals surface area contributed by atoms with E-state index in [1.807, 2.05) is 13.0 Å². The molecule has 2 fully saturated rings. The van der Waals surface area contributed by atoms with Gasteiger partial charge < -0.3 is 10.1 Å². The number of ether oxygens (including phenoxy) is 1. The van der Waals surface area contributed by atoms with Crippen molar-refractivity contribution in [3.8, 4) is 0 Å². The van der Waals surface area contributed by atoms with Crippen molar-refractivity contribution in [3.05, 3.63) is 40.8 Å². The number of piperidine rings is 1. The minimum Gasteiger partial charge on any atom is -0.379 e. The molecule has 0 saturated carbocycles. The van der Waals surface area contributed by atoms with E-state index >= 15 is 4.39 Å². The number of rotatable bonds is 4. The largest absolute Gasteiger partial charge is 0.379 e. The maximum Gasteiger partial charge on any atom is 0.227 e. The van der Waals surface area contributed by atoms with Crippen LogP contribution in [0.5, 0.6) is 0 Å².